The van der Waals surface area contributed by atoms with E-state index in [9.17, 15) is 19.5 Å². The lowest BCUT2D eigenvalue weighted by Crippen LogP contribution is -2.45. The topological polar surface area (TPSA) is 86.7 Å². The van der Waals surface area contributed by atoms with Crippen molar-refractivity contribution in [2.45, 2.75) is 18.8 Å². The number of carbonyl (C=O) groups excluding carboxylic acids is 2. The fraction of sp³-hybridized carbons (Fsp3) is 0.174. The molecule has 0 saturated heterocycles. The van der Waals surface area contributed by atoms with Crippen molar-refractivity contribution >= 4 is 40.5 Å². The number of thiophene rings is 1. The number of para-hydroxylation sites is 1. The van der Waals surface area contributed by atoms with Crippen molar-refractivity contribution in [1.29, 1.82) is 0 Å². The zero-order valence-electron chi connectivity index (χ0n) is 16.4. The standard InChI is InChI=1S/C23H18N2O4S/c1-12-7-6-10-14-18(12)25(2)22(29)23(14)11-15(26)24-17-16(13-8-4-3-5-9-13)19(21(27)28)30-20(17)23/h3-10H,11H2,1-2H3,(H,24,26)(H,27,28). The summed E-state index contributed by atoms with van der Waals surface area (Å²) in [6.07, 6.45) is -0.0482. The molecular weight excluding hydrogens is 400 g/mol. The number of carboxylic acids is 1. The molecule has 0 bridgehead atoms. The quantitative estimate of drug-likeness (QED) is 0.658. The van der Waals surface area contributed by atoms with E-state index in [4.69, 9.17) is 0 Å². The predicted octanol–water partition coefficient (Wildman–Crippen LogP) is 4.03. The minimum absolute atomic E-state index is 0.0482. The number of carbonyl (C=O) groups is 3. The van der Waals surface area contributed by atoms with Gasteiger partial charge in [0.2, 0.25) is 11.8 Å². The molecule has 0 aliphatic carbocycles. The molecule has 3 heterocycles. The van der Waals surface area contributed by atoms with Crippen molar-refractivity contribution in [3.8, 4) is 11.1 Å². The molecule has 30 heavy (non-hydrogen) atoms. The summed E-state index contributed by atoms with van der Waals surface area (Å²) >= 11 is 1.08. The van der Waals surface area contributed by atoms with Crippen LogP contribution in [0.4, 0.5) is 11.4 Å². The van der Waals surface area contributed by atoms with E-state index in [-0.39, 0.29) is 23.1 Å². The van der Waals surface area contributed by atoms with Crippen LogP contribution < -0.4 is 10.2 Å². The largest absolute Gasteiger partial charge is 0.477 e. The third kappa shape index (κ3) is 2.26. The smallest absolute Gasteiger partial charge is 0.346 e. The molecule has 2 aromatic carbocycles. The highest BCUT2D eigenvalue weighted by Crippen LogP contribution is 2.57. The number of hydrogen-bond donors (Lipinski definition) is 2. The number of aromatic carboxylic acids is 1. The van der Waals surface area contributed by atoms with Crippen molar-refractivity contribution in [2.75, 3.05) is 17.3 Å². The van der Waals surface area contributed by atoms with Crippen LogP contribution in [0.3, 0.4) is 0 Å². The SMILES string of the molecule is Cc1cccc2c1N(C)C(=O)C21CC(=O)Nc2c1sc(C(=O)O)c2-c1ccccc1. The maximum Gasteiger partial charge on any atom is 0.346 e. The van der Waals surface area contributed by atoms with Gasteiger partial charge in [-0.1, -0.05) is 48.5 Å². The van der Waals surface area contributed by atoms with Gasteiger partial charge in [-0.3, -0.25) is 9.59 Å². The Morgan fingerprint density at radius 2 is 1.87 bits per heavy atom. The van der Waals surface area contributed by atoms with E-state index in [1.165, 1.54) is 0 Å². The Morgan fingerprint density at radius 3 is 2.57 bits per heavy atom. The summed E-state index contributed by atoms with van der Waals surface area (Å²) in [6.45, 7) is 1.93. The van der Waals surface area contributed by atoms with E-state index in [0.717, 1.165) is 28.2 Å². The second-order valence-corrected chi connectivity index (χ2v) is 8.67. The zero-order valence-corrected chi connectivity index (χ0v) is 17.2. The van der Waals surface area contributed by atoms with Crippen LogP contribution in [0.15, 0.2) is 48.5 Å². The van der Waals surface area contributed by atoms with Crippen LogP contribution in [-0.4, -0.2) is 29.9 Å². The fourth-order valence-electron chi connectivity index (χ4n) is 4.73. The minimum atomic E-state index is -1.21. The third-order valence-corrected chi connectivity index (χ3v) is 7.28. The van der Waals surface area contributed by atoms with Crippen molar-refractivity contribution in [3.05, 3.63) is 69.4 Å². The van der Waals surface area contributed by atoms with Gasteiger partial charge in [0.15, 0.2) is 0 Å². The average molecular weight is 418 g/mol. The van der Waals surface area contributed by atoms with Crippen LogP contribution in [0.1, 0.15) is 32.1 Å². The Bertz CT molecular complexity index is 1250. The monoisotopic (exact) mass is 418 g/mol. The Hall–Kier alpha value is -3.45. The Kier molecular flexibility index (Phi) is 3.88. The highest BCUT2D eigenvalue weighted by molar-refractivity contribution is 7.15. The fourth-order valence-corrected chi connectivity index (χ4v) is 6.04. The molecule has 1 unspecified atom stereocenters. The van der Waals surface area contributed by atoms with Crippen LogP contribution in [0.2, 0.25) is 0 Å². The van der Waals surface area contributed by atoms with Gasteiger partial charge in [-0.25, -0.2) is 4.79 Å². The number of amides is 2. The second kappa shape index (κ2) is 6.27. The van der Waals surface area contributed by atoms with Crippen LogP contribution >= 0.6 is 11.3 Å². The predicted molar refractivity (Wildman–Crippen MR) is 115 cm³/mol. The highest BCUT2D eigenvalue weighted by Gasteiger charge is 2.57. The Balaban J connectivity index is 1.88. The Labute approximate surface area is 176 Å². The number of rotatable bonds is 2. The summed E-state index contributed by atoms with van der Waals surface area (Å²) in [5, 5.41) is 12.8. The molecular formula is C23H18N2O4S. The normalized spacial score (nSPS) is 19.6. The van der Waals surface area contributed by atoms with E-state index in [1.54, 1.807) is 11.9 Å². The average Bonchev–Trinajstić information content (AvgIpc) is 3.20. The molecule has 1 atom stereocenters. The molecule has 0 fully saturated rings. The summed E-state index contributed by atoms with van der Waals surface area (Å²) in [4.78, 5) is 40.9. The van der Waals surface area contributed by atoms with Crippen LogP contribution in [0.5, 0.6) is 0 Å². The minimum Gasteiger partial charge on any atom is -0.477 e. The van der Waals surface area contributed by atoms with E-state index < -0.39 is 11.4 Å². The molecule has 0 saturated carbocycles. The second-order valence-electron chi connectivity index (χ2n) is 7.65. The number of aryl methyl sites for hydroxylation is 1. The van der Waals surface area contributed by atoms with Gasteiger partial charge in [0.1, 0.15) is 10.3 Å². The molecule has 2 N–H and O–H groups in total. The first-order valence-electron chi connectivity index (χ1n) is 9.50. The van der Waals surface area contributed by atoms with Gasteiger partial charge in [0.25, 0.3) is 0 Å². The number of hydrogen-bond acceptors (Lipinski definition) is 4. The van der Waals surface area contributed by atoms with Gasteiger partial charge in [0, 0.05) is 12.6 Å². The molecule has 6 nitrogen and oxygen atoms in total. The van der Waals surface area contributed by atoms with Gasteiger partial charge in [-0.2, -0.15) is 0 Å². The summed E-state index contributed by atoms with van der Waals surface area (Å²) < 4.78 is 0. The number of fused-ring (bicyclic) bond motifs is 4. The van der Waals surface area contributed by atoms with Crippen molar-refractivity contribution in [1.82, 2.24) is 0 Å². The maximum absolute atomic E-state index is 13.6. The number of nitrogens with zero attached hydrogens (tertiary/aromatic N) is 1. The molecule has 3 aromatic rings. The number of nitrogens with one attached hydrogen (secondary N) is 1. The molecule has 150 valence electrons. The van der Waals surface area contributed by atoms with E-state index in [2.05, 4.69) is 5.32 Å². The number of likely N-dealkylation sites (N-methyl/N-ethyl adjacent to an activating group) is 1. The first-order chi connectivity index (χ1) is 14.4. The molecule has 2 amide bonds. The molecule has 5 rings (SSSR count). The van der Waals surface area contributed by atoms with Crippen molar-refractivity contribution < 1.29 is 19.5 Å². The van der Waals surface area contributed by atoms with Gasteiger partial charge in [-0.15, -0.1) is 11.3 Å². The van der Waals surface area contributed by atoms with Crippen molar-refractivity contribution in [3.63, 3.8) is 0 Å². The van der Waals surface area contributed by atoms with Gasteiger partial charge < -0.3 is 15.3 Å². The summed E-state index contributed by atoms with van der Waals surface area (Å²) in [7, 11) is 1.71. The van der Waals surface area contributed by atoms with E-state index >= 15 is 0 Å². The van der Waals surface area contributed by atoms with Gasteiger partial charge in [-0.05, 0) is 23.6 Å². The van der Waals surface area contributed by atoms with E-state index in [0.29, 0.717) is 21.7 Å². The third-order valence-electron chi connectivity index (χ3n) is 5.95. The number of carboxylic acid groups (broad SMARTS) is 1. The Morgan fingerprint density at radius 1 is 1.13 bits per heavy atom. The first kappa shape index (κ1) is 18.6. The maximum atomic E-state index is 13.6. The van der Waals surface area contributed by atoms with Crippen molar-refractivity contribution in [2.24, 2.45) is 0 Å². The van der Waals surface area contributed by atoms with E-state index in [1.807, 2.05) is 55.5 Å². The summed E-state index contributed by atoms with van der Waals surface area (Å²) in [6, 6.07) is 14.8. The zero-order chi connectivity index (χ0) is 21.2. The lowest BCUT2D eigenvalue weighted by atomic mass is 9.74. The molecule has 7 heteroatoms. The first-order valence-corrected chi connectivity index (χ1v) is 10.3. The van der Waals surface area contributed by atoms with Crippen LogP contribution in [0, 0.1) is 6.92 Å². The molecule has 1 aromatic heterocycles. The number of benzene rings is 2. The molecule has 2 aliphatic rings. The molecule has 2 aliphatic heterocycles. The van der Waals surface area contributed by atoms with Crippen LogP contribution in [0.25, 0.3) is 11.1 Å². The van der Waals surface area contributed by atoms with Crippen LogP contribution in [-0.2, 0) is 15.0 Å². The van der Waals surface area contributed by atoms with Gasteiger partial charge in [0.05, 0.1) is 22.7 Å². The summed E-state index contributed by atoms with van der Waals surface area (Å²) in [5.41, 5.74) is 2.83. The van der Waals surface area contributed by atoms with Gasteiger partial charge >= 0.3 is 5.97 Å². The number of anilines is 2. The summed E-state index contributed by atoms with van der Waals surface area (Å²) in [5.74, 6) is -1.59. The molecule has 0 radical (unpaired) electrons. The molecule has 1 spiro atoms. The lowest BCUT2D eigenvalue weighted by molar-refractivity contribution is -0.126. The lowest BCUT2D eigenvalue weighted by Gasteiger charge is -2.32. The highest BCUT2D eigenvalue weighted by atomic mass is 32.1.